The van der Waals surface area contributed by atoms with Crippen LogP contribution in [0.5, 0.6) is 5.75 Å². The van der Waals surface area contributed by atoms with E-state index in [1.165, 1.54) is 29.0 Å². The van der Waals surface area contributed by atoms with Gasteiger partial charge in [-0.2, -0.15) is 0 Å². The summed E-state index contributed by atoms with van der Waals surface area (Å²) < 4.78 is 6.91. The highest BCUT2D eigenvalue weighted by molar-refractivity contribution is 5.85. The largest absolute Gasteiger partial charge is 0.490 e. The molecule has 0 spiro atoms. The van der Waals surface area contributed by atoms with E-state index < -0.39 is 5.97 Å². The van der Waals surface area contributed by atoms with Gasteiger partial charge in [0.1, 0.15) is 18.1 Å². The van der Waals surface area contributed by atoms with Gasteiger partial charge in [0.25, 0.3) is 5.56 Å². The van der Waals surface area contributed by atoms with Crippen molar-refractivity contribution in [3.63, 3.8) is 0 Å². The molecule has 2 aromatic heterocycles. The Labute approximate surface area is 108 Å². The van der Waals surface area contributed by atoms with Crippen LogP contribution < -0.4 is 10.3 Å². The molecular formula is C13H12N2O4. The van der Waals surface area contributed by atoms with Gasteiger partial charge in [-0.25, -0.2) is 9.78 Å². The van der Waals surface area contributed by atoms with Crippen molar-refractivity contribution in [3.05, 3.63) is 58.8 Å². The van der Waals surface area contributed by atoms with Gasteiger partial charge in [0, 0.05) is 12.3 Å². The van der Waals surface area contributed by atoms with E-state index in [1.807, 2.05) is 0 Å². The Hall–Kier alpha value is -2.63. The maximum absolute atomic E-state index is 11.4. The molecule has 6 heteroatoms. The number of carboxylic acids is 1. The van der Waals surface area contributed by atoms with Gasteiger partial charge in [-0.05, 0) is 18.2 Å². The van der Waals surface area contributed by atoms with Crippen molar-refractivity contribution in [2.45, 2.75) is 6.54 Å². The molecule has 0 unspecified atom stereocenters. The van der Waals surface area contributed by atoms with Gasteiger partial charge < -0.3 is 14.4 Å². The van der Waals surface area contributed by atoms with Gasteiger partial charge in [-0.15, -0.1) is 0 Å². The zero-order chi connectivity index (χ0) is 13.7. The molecular weight excluding hydrogens is 248 g/mol. The Morgan fingerprint density at radius 1 is 1.32 bits per heavy atom. The smallest absolute Gasteiger partial charge is 0.354 e. The van der Waals surface area contributed by atoms with Crippen molar-refractivity contribution < 1.29 is 14.6 Å². The van der Waals surface area contributed by atoms with Gasteiger partial charge in [-0.3, -0.25) is 4.79 Å². The Morgan fingerprint density at radius 3 is 2.79 bits per heavy atom. The van der Waals surface area contributed by atoms with Crippen LogP contribution in [0.1, 0.15) is 10.5 Å². The highest BCUT2D eigenvalue weighted by Gasteiger charge is 2.03. The molecule has 2 heterocycles. The van der Waals surface area contributed by atoms with E-state index in [-0.39, 0.29) is 11.3 Å². The van der Waals surface area contributed by atoms with Crippen LogP contribution >= 0.6 is 0 Å². The second-order valence-corrected chi connectivity index (χ2v) is 3.77. The molecule has 0 aliphatic rings. The third kappa shape index (κ3) is 3.41. The summed E-state index contributed by atoms with van der Waals surface area (Å²) in [6.45, 7) is 0.721. The second-order valence-electron chi connectivity index (χ2n) is 3.77. The van der Waals surface area contributed by atoms with Crippen LogP contribution in [0.4, 0.5) is 0 Å². The third-order valence-electron chi connectivity index (χ3n) is 2.46. The quantitative estimate of drug-likeness (QED) is 0.868. The van der Waals surface area contributed by atoms with Gasteiger partial charge in [-0.1, -0.05) is 6.07 Å². The number of carboxylic acid groups (broad SMARTS) is 1. The molecule has 98 valence electrons. The lowest BCUT2D eigenvalue weighted by molar-refractivity contribution is 0.0690. The van der Waals surface area contributed by atoms with E-state index in [9.17, 15) is 9.59 Å². The zero-order valence-electron chi connectivity index (χ0n) is 10.0. The van der Waals surface area contributed by atoms with Crippen molar-refractivity contribution in [1.29, 1.82) is 0 Å². The first-order chi connectivity index (χ1) is 9.16. The summed E-state index contributed by atoms with van der Waals surface area (Å²) >= 11 is 0. The number of hydrogen-bond donors (Lipinski definition) is 1. The first-order valence-electron chi connectivity index (χ1n) is 5.64. The van der Waals surface area contributed by atoms with Crippen molar-refractivity contribution >= 4 is 5.97 Å². The lowest BCUT2D eigenvalue weighted by Gasteiger charge is -2.07. The fourth-order valence-electron chi connectivity index (χ4n) is 1.50. The highest BCUT2D eigenvalue weighted by atomic mass is 16.5. The summed E-state index contributed by atoms with van der Waals surface area (Å²) in [5.41, 5.74) is -0.128. The second kappa shape index (κ2) is 5.81. The summed E-state index contributed by atoms with van der Waals surface area (Å²) in [5.74, 6) is -0.614. The molecule has 0 amide bonds. The molecule has 0 bridgehead atoms. The molecule has 2 aromatic rings. The molecule has 0 radical (unpaired) electrons. The first-order valence-corrected chi connectivity index (χ1v) is 5.64. The lowest BCUT2D eigenvalue weighted by atomic mass is 10.3. The minimum atomic E-state index is -1.08. The minimum absolute atomic E-state index is 0.0355. The number of aromatic carboxylic acids is 1. The average molecular weight is 260 g/mol. The molecule has 0 saturated carbocycles. The van der Waals surface area contributed by atoms with Crippen molar-refractivity contribution in [2.24, 2.45) is 0 Å². The van der Waals surface area contributed by atoms with Crippen LogP contribution in [0.2, 0.25) is 0 Å². The minimum Gasteiger partial charge on any atom is -0.490 e. The Balaban J connectivity index is 1.91. The van der Waals surface area contributed by atoms with Gasteiger partial charge in [0.15, 0.2) is 0 Å². The molecule has 0 aliphatic carbocycles. The van der Waals surface area contributed by atoms with Crippen LogP contribution in [-0.4, -0.2) is 27.2 Å². The number of hydrogen-bond acceptors (Lipinski definition) is 4. The van der Waals surface area contributed by atoms with Crippen LogP contribution in [-0.2, 0) is 6.54 Å². The summed E-state index contributed by atoms with van der Waals surface area (Å²) in [4.78, 5) is 25.7. The molecule has 0 fully saturated rings. The van der Waals surface area contributed by atoms with Gasteiger partial charge in [0.2, 0.25) is 0 Å². The Kier molecular flexibility index (Phi) is 3.92. The van der Waals surface area contributed by atoms with Crippen molar-refractivity contribution in [3.8, 4) is 5.75 Å². The van der Waals surface area contributed by atoms with Crippen molar-refractivity contribution in [1.82, 2.24) is 9.55 Å². The molecule has 1 N–H and O–H groups in total. The number of nitrogens with zero attached hydrogens (tertiary/aromatic N) is 2. The number of carbonyl (C=O) groups is 1. The number of pyridine rings is 2. The van der Waals surface area contributed by atoms with Crippen LogP contribution in [0, 0.1) is 0 Å². The van der Waals surface area contributed by atoms with E-state index in [0.29, 0.717) is 18.9 Å². The molecule has 0 aliphatic heterocycles. The van der Waals surface area contributed by atoms with Gasteiger partial charge >= 0.3 is 5.97 Å². The molecule has 19 heavy (non-hydrogen) atoms. The predicted octanol–water partition coefficient (Wildman–Crippen LogP) is 1.02. The summed E-state index contributed by atoms with van der Waals surface area (Å²) in [5, 5.41) is 8.69. The summed E-state index contributed by atoms with van der Waals surface area (Å²) in [6.07, 6.45) is 3.02. The average Bonchev–Trinajstić information content (AvgIpc) is 2.41. The SMILES string of the molecule is O=C(O)c1ccc(OCCn2ccccc2=O)cn1. The van der Waals surface area contributed by atoms with Crippen LogP contribution in [0.25, 0.3) is 0 Å². The third-order valence-corrected chi connectivity index (χ3v) is 2.46. The molecule has 0 aromatic carbocycles. The number of ether oxygens (including phenoxy) is 1. The van der Waals surface area contributed by atoms with E-state index in [4.69, 9.17) is 9.84 Å². The number of rotatable bonds is 5. The lowest BCUT2D eigenvalue weighted by Crippen LogP contribution is -2.21. The zero-order valence-corrected chi connectivity index (χ0v) is 10.0. The summed E-state index contributed by atoms with van der Waals surface area (Å²) in [6, 6.07) is 7.82. The fourth-order valence-corrected chi connectivity index (χ4v) is 1.50. The van der Waals surface area contributed by atoms with E-state index >= 15 is 0 Å². The monoisotopic (exact) mass is 260 g/mol. The highest BCUT2D eigenvalue weighted by Crippen LogP contribution is 2.08. The number of aromatic nitrogens is 2. The maximum atomic E-state index is 11.4. The van der Waals surface area contributed by atoms with Gasteiger partial charge in [0.05, 0.1) is 12.7 Å². The predicted molar refractivity (Wildman–Crippen MR) is 67.4 cm³/mol. The van der Waals surface area contributed by atoms with Crippen LogP contribution in [0.3, 0.4) is 0 Å². The fraction of sp³-hybridized carbons (Fsp3) is 0.154. The topological polar surface area (TPSA) is 81.4 Å². The molecule has 6 nitrogen and oxygen atoms in total. The van der Waals surface area contributed by atoms with Crippen molar-refractivity contribution in [2.75, 3.05) is 6.61 Å². The summed E-state index contributed by atoms with van der Waals surface area (Å²) in [7, 11) is 0. The molecule has 0 saturated heterocycles. The van der Waals surface area contributed by atoms with E-state index in [1.54, 1.807) is 18.3 Å². The Morgan fingerprint density at radius 2 is 2.16 bits per heavy atom. The molecule has 2 rings (SSSR count). The first kappa shape index (κ1) is 12.8. The van der Waals surface area contributed by atoms with E-state index in [2.05, 4.69) is 4.98 Å². The molecule has 0 atom stereocenters. The maximum Gasteiger partial charge on any atom is 0.354 e. The normalized spacial score (nSPS) is 10.1. The Bertz CT molecular complexity index is 619. The standard InChI is InChI=1S/C13H12N2O4/c16-12-3-1-2-6-15(12)7-8-19-10-4-5-11(13(17)18)14-9-10/h1-6,9H,7-8H2,(H,17,18). The van der Waals surface area contributed by atoms with Crippen LogP contribution in [0.15, 0.2) is 47.5 Å². The van der Waals surface area contributed by atoms with E-state index in [0.717, 1.165) is 0 Å².